The first-order valence-corrected chi connectivity index (χ1v) is 9.76. The number of piperidine rings is 1. The van der Waals surface area contributed by atoms with Crippen LogP contribution in [0.2, 0.25) is 0 Å². The number of hydrogen-bond acceptors (Lipinski definition) is 4. The maximum Gasteiger partial charge on any atom is 0.419 e. The molecule has 0 radical (unpaired) electrons. The van der Waals surface area contributed by atoms with Gasteiger partial charge in [-0.2, -0.15) is 13.2 Å². The molecule has 2 N–H and O–H groups in total. The van der Waals surface area contributed by atoms with Crippen LogP contribution in [0.25, 0.3) is 0 Å². The normalized spacial score (nSPS) is 17.5. The van der Waals surface area contributed by atoms with Crippen molar-refractivity contribution in [1.29, 1.82) is 0 Å². The van der Waals surface area contributed by atoms with Crippen LogP contribution in [0.15, 0.2) is 35.5 Å². The van der Waals surface area contributed by atoms with Crippen molar-refractivity contribution in [3.8, 4) is 0 Å². The van der Waals surface area contributed by atoms with Gasteiger partial charge in [-0.3, -0.25) is 0 Å². The van der Waals surface area contributed by atoms with Crippen molar-refractivity contribution < 1.29 is 26.3 Å². The van der Waals surface area contributed by atoms with Crippen LogP contribution in [0, 0.1) is 23.4 Å². The molecule has 0 bridgehead atoms. The molecule has 29 heavy (non-hydrogen) atoms. The Morgan fingerprint density at radius 1 is 1.10 bits per heavy atom. The Hall–Kier alpha value is -1.78. The minimum atomic E-state index is -4.48. The molecule has 2 heterocycles. The van der Waals surface area contributed by atoms with Crippen LogP contribution in [-0.4, -0.2) is 28.4 Å². The lowest BCUT2D eigenvalue weighted by Gasteiger charge is -2.34. The summed E-state index contributed by atoms with van der Waals surface area (Å²) < 4.78 is 81.3. The Balaban J connectivity index is 1.58. The summed E-state index contributed by atoms with van der Waals surface area (Å²) in [5, 5.41) is -0.105. The second-order valence-corrected chi connectivity index (χ2v) is 8.02. The molecule has 3 nitrogen and oxygen atoms in total. The molecule has 0 spiro atoms. The van der Waals surface area contributed by atoms with E-state index in [9.17, 15) is 26.3 Å². The molecule has 1 unspecified atom stereocenters. The van der Waals surface area contributed by atoms with Crippen molar-refractivity contribution in [3.05, 3.63) is 59.0 Å². The van der Waals surface area contributed by atoms with E-state index < -0.39 is 35.2 Å². The van der Waals surface area contributed by atoms with Crippen LogP contribution in [0.3, 0.4) is 0 Å². The molecule has 0 aliphatic carbocycles. The maximum absolute atomic E-state index is 13.8. The van der Waals surface area contributed by atoms with E-state index in [-0.39, 0.29) is 22.9 Å². The van der Waals surface area contributed by atoms with E-state index >= 15 is 0 Å². The third-order valence-electron chi connectivity index (χ3n) is 4.94. The van der Waals surface area contributed by atoms with Gasteiger partial charge in [0.2, 0.25) is 0 Å². The fourth-order valence-corrected chi connectivity index (χ4v) is 4.37. The summed E-state index contributed by atoms with van der Waals surface area (Å²) in [4.78, 5) is 3.84. The zero-order valence-electron chi connectivity index (χ0n) is 15.2. The zero-order chi connectivity index (χ0) is 21.2. The highest BCUT2D eigenvalue weighted by atomic mass is 32.2. The fraction of sp³-hybridized carbons (Fsp3) is 0.421. The Bertz CT molecular complexity index is 852. The third-order valence-corrected chi connectivity index (χ3v) is 6.06. The van der Waals surface area contributed by atoms with Gasteiger partial charge >= 0.3 is 6.18 Å². The van der Waals surface area contributed by atoms with Crippen molar-refractivity contribution in [3.63, 3.8) is 0 Å². The Morgan fingerprint density at radius 2 is 1.76 bits per heavy atom. The number of nitrogens with two attached hydrogens (primary N) is 1. The number of alkyl halides is 3. The average molecular weight is 435 g/mol. The molecule has 1 atom stereocenters. The number of pyridine rings is 1. The van der Waals surface area contributed by atoms with Gasteiger partial charge in [-0.25, -0.2) is 22.5 Å². The minimum Gasteiger partial charge on any atom is -0.327 e. The summed E-state index contributed by atoms with van der Waals surface area (Å²) in [6, 6.07) is 3.09. The lowest BCUT2D eigenvalue weighted by atomic mass is 9.87. The van der Waals surface area contributed by atoms with Gasteiger partial charge in [0.25, 0.3) is 0 Å². The molecule has 3 rings (SSSR count). The molecule has 10 heteroatoms. The molecular formula is C19H19F6N3S. The zero-order valence-corrected chi connectivity index (χ0v) is 16.0. The molecule has 1 aromatic carbocycles. The minimum absolute atomic E-state index is 0.00909. The molecule has 1 saturated heterocycles. The standard InChI is InChI=1S/C19H19F6N3S/c20-14-10-16(22)15(21)8-12(14)9-17(26)11-3-6-28(7-4-11)29-18-13(19(23,24)25)2-1-5-27-18/h1-2,5,8,10-11,17H,3-4,6-7,9,26H2. The Morgan fingerprint density at radius 3 is 2.41 bits per heavy atom. The highest BCUT2D eigenvalue weighted by Gasteiger charge is 2.35. The van der Waals surface area contributed by atoms with Gasteiger partial charge < -0.3 is 5.73 Å². The molecular weight excluding hydrogens is 416 g/mol. The van der Waals surface area contributed by atoms with E-state index in [1.54, 1.807) is 4.31 Å². The number of halogens is 6. The predicted molar refractivity (Wildman–Crippen MR) is 97.4 cm³/mol. The molecule has 1 aliphatic heterocycles. The first-order chi connectivity index (χ1) is 13.6. The summed E-state index contributed by atoms with van der Waals surface area (Å²) in [6.45, 7) is 0.967. The number of nitrogens with zero attached hydrogens (tertiary/aromatic N) is 2. The van der Waals surface area contributed by atoms with Crippen molar-refractivity contribution in [2.24, 2.45) is 11.7 Å². The maximum atomic E-state index is 13.8. The summed E-state index contributed by atoms with van der Waals surface area (Å²) >= 11 is 0.952. The molecule has 1 aromatic heterocycles. The lowest BCUT2D eigenvalue weighted by Crippen LogP contribution is -2.40. The number of benzene rings is 1. The molecule has 1 fully saturated rings. The van der Waals surface area contributed by atoms with Crippen LogP contribution < -0.4 is 5.73 Å². The first-order valence-electron chi connectivity index (χ1n) is 8.99. The van der Waals surface area contributed by atoms with Gasteiger partial charge in [-0.05, 0) is 60.9 Å². The number of rotatable bonds is 5. The summed E-state index contributed by atoms with van der Waals surface area (Å²) in [5.74, 6) is -3.24. The number of hydrogen-bond donors (Lipinski definition) is 1. The highest BCUT2D eigenvalue weighted by Crippen LogP contribution is 2.37. The van der Waals surface area contributed by atoms with E-state index in [1.807, 2.05) is 0 Å². The molecule has 0 amide bonds. The SMILES string of the molecule is NC(Cc1cc(F)c(F)cc1F)C1CCN(Sc2ncccc2C(F)(F)F)CC1. The van der Waals surface area contributed by atoms with Crippen molar-refractivity contribution in [2.75, 3.05) is 13.1 Å². The van der Waals surface area contributed by atoms with Crippen molar-refractivity contribution in [1.82, 2.24) is 9.29 Å². The fourth-order valence-electron chi connectivity index (χ4n) is 3.34. The van der Waals surface area contributed by atoms with Gasteiger partial charge in [-0.1, -0.05) is 0 Å². The first kappa shape index (κ1) is 21.9. The highest BCUT2D eigenvalue weighted by molar-refractivity contribution is 7.97. The van der Waals surface area contributed by atoms with E-state index in [2.05, 4.69) is 4.98 Å². The second kappa shape index (κ2) is 8.93. The van der Waals surface area contributed by atoms with E-state index in [4.69, 9.17) is 5.73 Å². The van der Waals surface area contributed by atoms with E-state index in [1.165, 1.54) is 12.3 Å². The smallest absolute Gasteiger partial charge is 0.327 e. The quantitative estimate of drug-likeness (QED) is 0.416. The van der Waals surface area contributed by atoms with Gasteiger partial charge in [-0.15, -0.1) is 0 Å². The van der Waals surface area contributed by atoms with Crippen molar-refractivity contribution >= 4 is 11.9 Å². The van der Waals surface area contributed by atoms with Crippen LogP contribution in [-0.2, 0) is 12.6 Å². The average Bonchev–Trinajstić information content (AvgIpc) is 2.66. The lowest BCUT2D eigenvalue weighted by molar-refractivity contribution is -0.140. The molecule has 1 aliphatic rings. The summed E-state index contributed by atoms with van der Waals surface area (Å²) in [5.41, 5.74) is 5.38. The molecule has 158 valence electrons. The second-order valence-electron chi connectivity index (χ2n) is 6.94. The Kier molecular flexibility index (Phi) is 6.75. The summed E-state index contributed by atoms with van der Waals surface area (Å²) in [6.07, 6.45) is -1.93. The number of aromatic nitrogens is 1. The van der Waals surface area contributed by atoms with Gasteiger partial charge in [0, 0.05) is 31.4 Å². The van der Waals surface area contributed by atoms with Crippen LogP contribution in [0.5, 0.6) is 0 Å². The van der Waals surface area contributed by atoms with Crippen molar-refractivity contribution in [2.45, 2.75) is 36.5 Å². The predicted octanol–water partition coefficient (Wildman–Crippen LogP) is 4.81. The van der Waals surface area contributed by atoms with Gasteiger partial charge in [0.15, 0.2) is 11.6 Å². The van der Waals surface area contributed by atoms with Gasteiger partial charge in [0.1, 0.15) is 10.8 Å². The van der Waals surface area contributed by atoms with Crippen LogP contribution in [0.4, 0.5) is 26.3 Å². The van der Waals surface area contributed by atoms with Crippen LogP contribution >= 0.6 is 11.9 Å². The molecule has 2 aromatic rings. The van der Waals surface area contributed by atoms with E-state index in [0.717, 1.165) is 24.1 Å². The topological polar surface area (TPSA) is 42.1 Å². The third kappa shape index (κ3) is 5.43. The Labute approximate surface area is 168 Å². The van der Waals surface area contributed by atoms with Crippen LogP contribution in [0.1, 0.15) is 24.0 Å². The van der Waals surface area contributed by atoms with Gasteiger partial charge in [0.05, 0.1) is 5.56 Å². The monoisotopic (exact) mass is 435 g/mol. The largest absolute Gasteiger partial charge is 0.419 e. The molecule has 0 saturated carbocycles. The van der Waals surface area contributed by atoms with E-state index in [0.29, 0.717) is 32.0 Å². The summed E-state index contributed by atoms with van der Waals surface area (Å²) in [7, 11) is 0.